The van der Waals surface area contributed by atoms with E-state index in [4.69, 9.17) is 5.73 Å². The Kier molecular flexibility index (Phi) is 4.83. The first-order valence-electron chi connectivity index (χ1n) is 4.86. The van der Waals surface area contributed by atoms with E-state index in [2.05, 4.69) is 0 Å². The lowest BCUT2D eigenvalue weighted by atomic mass is 10.1. The predicted molar refractivity (Wildman–Crippen MR) is 62.4 cm³/mol. The first-order valence-corrected chi connectivity index (χ1v) is 5.84. The minimum atomic E-state index is 0. The molecule has 1 aliphatic heterocycles. The van der Waals surface area contributed by atoms with Crippen LogP contribution in [0.15, 0.2) is 30.3 Å². The molecule has 3 nitrogen and oxygen atoms in total. The van der Waals surface area contributed by atoms with Crippen molar-refractivity contribution in [1.29, 1.82) is 0 Å². The van der Waals surface area contributed by atoms with Gasteiger partial charge in [-0.3, -0.25) is 10.5 Å². The van der Waals surface area contributed by atoms with Crippen LogP contribution in [0.5, 0.6) is 0 Å². The average Bonchev–Trinajstić information content (AvgIpc) is 2.66. The summed E-state index contributed by atoms with van der Waals surface area (Å²) in [6.07, 6.45) is 0. The van der Waals surface area contributed by atoms with Gasteiger partial charge in [0, 0.05) is 11.3 Å². The maximum Gasteiger partial charge on any atom is 0.304 e. The van der Waals surface area contributed by atoms with Crippen molar-refractivity contribution in [2.75, 3.05) is 18.8 Å². The number of rotatable bonds is 3. The molecule has 1 heterocycles. The second-order valence-electron chi connectivity index (χ2n) is 3.40. The summed E-state index contributed by atoms with van der Waals surface area (Å²) < 4.78 is 1.93. The molecule has 0 fully saturated rings. The van der Waals surface area contributed by atoms with Crippen molar-refractivity contribution in [2.24, 2.45) is 5.73 Å². The van der Waals surface area contributed by atoms with Crippen molar-refractivity contribution < 1.29 is 21.8 Å². The molecule has 86 valence electrons. The third kappa shape index (κ3) is 3.00. The smallest absolute Gasteiger partial charge is 0.304 e. The van der Waals surface area contributed by atoms with E-state index in [9.17, 15) is 4.79 Å². The van der Waals surface area contributed by atoms with Gasteiger partial charge in [0.05, 0.1) is 6.54 Å². The molecule has 2 N–H and O–H groups in total. The number of benzene rings is 1. The van der Waals surface area contributed by atoms with Crippen LogP contribution in [0.1, 0.15) is 10.4 Å². The number of hydrogen-bond donors (Lipinski definition) is 1. The van der Waals surface area contributed by atoms with E-state index in [1.165, 1.54) is 0 Å². The van der Waals surface area contributed by atoms with Gasteiger partial charge in [0.2, 0.25) is 5.78 Å². The highest BCUT2D eigenvalue weighted by atomic mass is 35.5. The molecule has 16 heavy (non-hydrogen) atoms. The lowest BCUT2D eigenvalue weighted by Crippen LogP contribution is -3.00. The molecule has 0 amide bonds. The topological polar surface area (TPSA) is 46.1 Å². The van der Waals surface area contributed by atoms with Crippen LogP contribution < -0.4 is 18.1 Å². The molecule has 2 rings (SSSR count). The molecule has 0 saturated heterocycles. The summed E-state index contributed by atoms with van der Waals surface area (Å²) in [6.45, 7) is 1.26. The molecule has 5 heteroatoms. The standard InChI is InChI=1S/C11H12N2OS.ClH/c12-11-13(6-7-15-11)8-10(14)9-4-2-1-3-5-9;/h1-5,12H,6-8H2;1H. The maximum atomic E-state index is 11.8. The number of ketones is 1. The second kappa shape index (κ2) is 5.92. The highest BCUT2D eigenvalue weighted by molar-refractivity contribution is 8.13. The number of halogens is 1. The summed E-state index contributed by atoms with van der Waals surface area (Å²) >= 11 is 1.61. The first-order chi connectivity index (χ1) is 7.27. The third-order valence-electron chi connectivity index (χ3n) is 2.35. The Morgan fingerprint density at radius 2 is 2.06 bits per heavy atom. The number of Topliss-reactive ketones (excluding diaryl/α,β-unsaturated/α-hetero) is 1. The Hall–Kier alpha value is -1.000. The normalized spacial score (nSPS) is 14.8. The Labute approximate surface area is 105 Å². The van der Waals surface area contributed by atoms with E-state index < -0.39 is 0 Å². The second-order valence-corrected chi connectivity index (χ2v) is 4.51. The number of carbonyl (C=O) groups is 1. The largest absolute Gasteiger partial charge is 1.00 e. The summed E-state index contributed by atoms with van der Waals surface area (Å²) in [7, 11) is 0. The number of hydrogen-bond acceptors (Lipinski definition) is 3. The van der Waals surface area contributed by atoms with Crippen LogP contribution in [0, 0.1) is 0 Å². The zero-order valence-corrected chi connectivity index (χ0v) is 10.3. The van der Waals surface area contributed by atoms with Gasteiger partial charge in [0.25, 0.3) is 0 Å². The first kappa shape index (κ1) is 13.1. The van der Waals surface area contributed by atoms with Gasteiger partial charge in [-0.25, -0.2) is 4.58 Å². The fourth-order valence-electron chi connectivity index (χ4n) is 1.51. The molecule has 0 radical (unpaired) electrons. The Balaban J connectivity index is 0.00000128. The van der Waals surface area contributed by atoms with Crippen molar-refractivity contribution in [3.63, 3.8) is 0 Å². The third-order valence-corrected chi connectivity index (χ3v) is 3.29. The predicted octanol–water partition coefficient (Wildman–Crippen LogP) is -2.05. The van der Waals surface area contributed by atoms with Crippen LogP contribution in [0.2, 0.25) is 0 Å². The number of carbonyl (C=O) groups excluding carboxylic acids is 1. The summed E-state index contributed by atoms with van der Waals surface area (Å²) in [5.74, 6) is 1.11. The summed E-state index contributed by atoms with van der Waals surface area (Å²) in [5, 5.41) is 0.763. The Morgan fingerprint density at radius 1 is 1.38 bits per heavy atom. The van der Waals surface area contributed by atoms with E-state index in [0.717, 1.165) is 23.0 Å². The van der Waals surface area contributed by atoms with Gasteiger partial charge in [-0.2, -0.15) is 0 Å². The maximum absolute atomic E-state index is 11.8. The van der Waals surface area contributed by atoms with Crippen LogP contribution >= 0.6 is 11.8 Å². The van der Waals surface area contributed by atoms with Crippen molar-refractivity contribution in [2.45, 2.75) is 0 Å². The molecule has 0 aromatic heterocycles. The Bertz CT molecular complexity index is 406. The quantitative estimate of drug-likeness (QED) is 0.500. The zero-order valence-electron chi connectivity index (χ0n) is 8.73. The highest BCUT2D eigenvalue weighted by Crippen LogP contribution is 2.08. The SMILES string of the molecule is NC1=[N+](CC(=O)c2ccccc2)CCS1.[Cl-]. The minimum Gasteiger partial charge on any atom is -1.00 e. The molecule has 0 saturated carbocycles. The molecule has 0 bridgehead atoms. The number of nitrogens with zero attached hydrogens (tertiary/aromatic N) is 1. The lowest BCUT2D eigenvalue weighted by molar-refractivity contribution is -0.504. The summed E-state index contributed by atoms with van der Waals surface area (Å²) in [6, 6.07) is 9.32. The molecule has 0 atom stereocenters. The van der Waals surface area contributed by atoms with E-state index >= 15 is 0 Å². The number of amidine groups is 1. The van der Waals surface area contributed by atoms with E-state index in [-0.39, 0.29) is 18.2 Å². The van der Waals surface area contributed by atoms with Gasteiger partial charge >= 0.3 is 5.17 Å². The monoisotopic (exact) mass is 256 g/mol. The fraction of sp³-hybridized carbons (Fsp3) is 0.273. The Morgan fingerprint density at radius 3 is 2.62 bits per heavy atom. The molecule has 0 unspecified atom stereocenters. The lowest BCUT2D eigenvalue weighted by Gasteiger charge is -2.01. The summed E-state index contributed by atoms with van der Waals surface area (Å²) in [4.78, 5) is 11.8. The van der Waals surface area contributed by atoms with Crippen LogP contribution in [0.3, 0.4) is 0 Å². The van der Waals surface area contributed by atoms with Crippen LogP contribution in [0.25, 0.3) is 0 Å². The van der Waals surface area contributed by atoms with E-state index in [1.54, 1.807) is 11.8 Å². The van der Waals surface area contributed by atoms with Crippen molar-refractivity contribution in [3.8, 4) is 0 Å². The average molecular weight is 257 g/mol. The molecule has 1 aromatic carbocycles. The molecule has 0 spiro atoms. The van der Waals surface area contributed by atoms with E-state index in [1.807, 2.05) is 34.9 Å². The molecule has 0 aliphatic carbocycles. The van der Waals surface area contributed by atoms with Crippen LogP contribution in [0.4, 0.5) is 0 Å². The van der Waals surface area contributed by atoms with Crippen molar-refractivity contribution >= 4 is 22.7 Å². The highest BCUT2D eigenvalue weighted by Gasteiger charge is 2.20. The summed E-state index contributed by atoms with van der Waals surface area (Å²) in [5.41, 5.74) is 6.51. The van der Waals surface area contributed by atoms with Gasteiger partial charge in [0.1, 0.15) is 6.54 Å². The van der Waals surface area contributed by atoms with Gasteiger partial charge in [0.15, 0.2) is 0 Å². The van der Waals surface area contributed by atoms with E-state index in [0.29, 0.717) is 6.54 Å². The van der Waals surface area contributed by atoms with Crippen LogP contribution in [-0.4, -0.2) is 34.4 Å². The molecule has 1 aliphatic rings. The van der Waals surface area contributed by atoms with Crippen molar-refractivity contribution in [3.05, 3.63) is 35.9 Å². The molecule has 1 aromatic rings. The molecular weight excluding hydrogens is 244 g/mol. The van der Waals surface area contributed by atoms with Crippen LogP contribution in [-0.2, 0) is 0 Å². The minimum absolute atomic E-state index is 0. The van der Waals surface area contributed by atoms with Gasteiger partial charge < -0.3 is 12.4 Å². The number of thioether (sulfide) groups is 1. The fourth-order valence-corrected chi connectivity index (χ4v) is 2.37. The molecular formula is C11H13ClN2OS. The number of nitrogens with two attached hydrogens (primary N) is 1. The van der Waals surface area contributed by atoms with Gasteiger partial charge in [-0.05, 0) is 11.8 Å². The van der Waals surface area contributed by atoms with Gasteiger partial charge in [-0.15, -0.1) is 0 Å². The van der Waals surface area contributed by atoms with Gasteiger partial charge in [-0.1, -0.05) is 30.3 Å². The zero-order chi connectivity index (χ0) is 10.7. The van der Waals surface area contributed by atoms with Crippen molar-refractivity contribution in [1.82, 2.24) is 0 Å².